The van der Waals surface area contributed by atoms with E-state index in [4.69, 9.17) is 17.3 Å². The van der Waals surface area contributed by atoms with Crippen LogP contribution in [-0.2, 0) is 0 Å². The maximum absolute atomic E-state index is 9.36. The molecular formula is C23H21ClN6O. The summed E-state index contributed by atoms with van der Waals surface area (Å²) >= 11 is 6.20. The van der Waals surface area contributed by atoms with Crippen molar-refractivity contribution in [2.45, 2.75) is 6.42 Å². The molecule has 156 valence electrons. The van der Waals surface area contributed by atoms with E-state index in [2.05, 4.69) is 19.9 Å². The number of nitrogens with two attached hydrogens (primary N) is 1. The van der Waals surface area contributed by atoms with Gasteiger partial charge >= 0.3 is 0 Å². The highest BCUT2D eigenvalue weighted by Crippen LogP contribution is 2.30. The van der Waals surface area contributed by atoms with Gasteiger partial charge in [0.05, 0.1) is 11.4 Å². The van der Waals surface area contributed by atoms with Crippen LogP contribution < -0.4 is 10.6 Å². The topological polar surface area (TPSA) is 101 Å². The van der Waals surface area contributed by atoms with Gasteiger partial charge in [0.1, 0.15) is 5.82 Å². The van der Waals surface area contributed by atoms with Crippen molar-refractivity contribution in [3.8, 4) is 22.5 Å². The number of aliphatic hydroxyl groups excluding tert-OH is 1. The molecule has 0 spiro atoms. The average Bonchev–Trinajstić information content (AvgIpc) is 2.80. The third-order valence-corrected chi connectivity index (χ3v) is 4.95. The molecule has 7 nitrogen and oxygen atoms in total. The highest BCUT2D eigenvalue weighted by Gasteiger charge is 2.13. The Morgan fingerprint density at radius 1 is 0.871 bits per heavy atom. The Morgan fingerprint density at radius 3 is 2.42 bits per heavy atom. The van der Waals surface area contributed by atoms with E-state index in [1.165, 1.54) is 0 Å². The number of pyridine rings is 2. The number of aromatic nitrogens is 4. The summed E-state index contributed by atoms with van der Waals surface area (Å²) < 4.78 is 0. The lowest BCUT2D eigenvalue weighted by atomic mass is 10.1. The number of hydrogen-bond donors (Lipinski definition) is 2. The van der Waals surface area contributed by atoms with E-state index < -0.39 is 0 Å². The van der Waals surface area contributed by atoms with Crippen molar-refractivity contribution in [3.63, 3.8) is 0 Å². The molecule has 0 saturated heterocycles. The van der Waals surface area contributed by atoms with Crippen molar-refractivity contribution in [1.29, 1.82) is 0 Å². The molecule has 4 rings (SSSR count). The number of nitrogens with zero attached hydrogens (tertiary/aromatic N) is 5. The molecule has 0 aliphatic heterocycles. The summed E-state index contributed by atoms with van der Waals surface area (Å²) in [5.41, 5.74) is 9.94. The van der Waals surface area contributed by atoms with Gasteiger partial charge in [-0.05, 0) is 66.1 Å². The standard InChI is InChI=1S/C23H21ClN6O/c24-18-3-1-4-19(15-18)30(11-2-12-31)22-14-17(6-9-27-22)16-5-8-26-21(13-16)20-7-10-28-23(25)29-20/h1,3-10,13-15,31H,2,11-12H2,(H2,25,28,29). The molecule has 0 saturated carbocycles. The summed E-state index contributed by atoms with van der Waals surface area (Å²) in [6.45, 7) is 0.696. The third kappa shape index (κ3) is 4.96. The molecule has 0 bridgehead atoms. The largest absolute Gasteiger partial charge is 0.396 e. The van der Waals surface area contributed by atoms with Crippen LogP contribution in [0.25, 0.3) is 22.5 Å². The Labute approximate surface area is 185 Å². The van der Waals surface area contributed by atoms with Crippen LogP contribution in [0.4, 0.5) is 17.5 Å². The van der Waals surface area contributed by atoms with Crippen molar-refractivity contribution < 1.29 is 5.11 Å². The fourth-order valence-corrected chi connectivity index (χ4v) is 3.45. The first-order chi connectivity index (χ1) is 15.1. The summed E-state index contributed by atoms with van der Waals surface area (Å²) in [5.74, 6) is 0.967. The smallest absolute Gasteiger partial charge is 0.220 e. The van der Waals surface area contributed by atoms with Crippen molar-refractivity contribution in [3.05, 3.63) is 78.2 Å². The SMILES string of the molecule is Nc1nccc(-c2cc(-c3ccnc(N(CCCO)c4cccc(Cl)c4)c3)ccn2)n1. The molecule has 0 radical (unpaired) electrons. The van der Waals surface area contributed by atoms with E-state index in [9.17, 15) is 5.11 Å². The normalized spacial score (nSPS) is 10.8. The van der Waals surface area contributed by atoms with Crippen LogP contribution >= 0.6 is 11.6 Å². The number of rotatable bonds is 7. The summed E-state index contributed by atoms with van der Waals surface area (Å²) in [7, 11) is 0. The van der Waals surface area contributed by atoms with Gasteiger partial charge in [0, 0.05) is 42.5 Å². The van der Waals surface area contributed by atoms with Crippen LogP contribution in [0.3, 0.4) is 0 Å². The molecule has 3 aromatic heterocycles. The molecule has 0 amide bonds. The predicted octanol–water partition coefficient (Wildman–Crippen LogP) is 4.36. The Balaban J connectivity index is 1.71. The van der Waals surface area contributed by atoms with E-state index in [1.54, 1.807) is 24.7 Å². The predicted molar refractivity (Wildman–Crippen MR) is 123 cm³/mol. The van der Waals surface area contributed by atoms with Crippen LogP contribution in [0.1, 0.15) is 6.42 Å². The Bertz CT molecular complexity index is 1190. The van der Waals surface area contributed by atoms with Crippen molar-refractivity contribution in [1.82, 2.24) is 19.9 Å². The minimum absolute atomic E-state index is 0.0898. The fourth-order valence-electron chi connectivity index (χ4n) is 3.26. The highest BCUT2D eigenvalue weighted by atomic mass is 35.5. The molecule has 0 unspecified atom stereocenters. The molecule has 3 N–H and O–H groups in total. The number of benzene rings is 1. The molecule has 1 aromatic carbocycles. The molecule has 0 aliphatic rings. The number of nitrogen functional groups attached to an aromatic ring is 1. The zero-order valence-corrected chi connectivity index (χ0v) is 17.4. The maximum Gasteiger partial charge on any atom is 0.220 e. The minimum atomic E-state index is 0.0898. The third-order valence-electron chi connectivity index (χ3n) is 4.71. The fraction of sp³-hybridized carbons (Fsp3) is 0.130. The molecule has 0 aliphatic carbocycles. The summed E-state index contributed by atoms with van der Waals surface area (Å²) in [6, 6.07) is 17.2. The Hall–Kier alpha value is -3.55. The molecule has 0 atom stereocenters. The van der Waals surface area contributed by atoms with Crippen LogP contribution in [0.2, 0.25) is 5.02 Å². The van der Waals surface area contributed by atoms with Gasteiger partial charge < -0.3 is 15.7 Å². The van der Waals surface area contributed by atoms with E-state index in [0.717, 1.165) is 22.6 Å². The van der Waals surface area contributed by atoms with Crippen LogP contribution in [-0.4, -0.2) is 38.2 Å². The molecular weight excluding hydrogens is 412 g/mol. The van der Waals surface area contributed by atoms with Gasteiger partial charge in [-0.25, -0.2) is 15.0 Å². The van der Waals surface area contributed by atoms with Gasteiger partial charge in [-0.3, -0.25) is 4.98 Å². The molecule has 3 heterocycles. The number of halogens is 1. The second kappa shape index (κ2) is 9.51. The van der Waals surface area contributed by atoms with Crippen molar-refractivity contribution in [2.24, 2.45) is 0 Å². The van der Waals surface area contributed by atoms with Gasteiger partial charge in [-0.1, -0.05) is 17.7 Å². The van der Waals surface area contributed by atoms with Gasteiger partial charge in [0.15, 0.2) is 0 Å². The first-order valence-corrected chi connectivity index (χ1v) is 10.2. The second-order valence-electron chi connectivity index (χ2n) is 6.84. The van der Waals surface area contributed by atoms with Gasteiger partial charge in [-0.15, -0.1) is 0 Å². The maximum atomic E-state index is 9.36. The van der Waals surface area contributed by atoms with E-state index >= 15 is 0 Å². The Kier molecular flexibility index (Phi) is 6.35. The van der Waals surface area contributed by atoms with Crippen LogP contribution in [0.5, 0.6) is 0 Å². The van der Waals surface area contributed by atoms with Gasteiger partial charge in [-0.2, -0.15) is 0 Å². The van der Waals surface area contributed by atoms with Crippen LogP contribution in [0, 0.1) is 0 Å². The lowest BCUT2D eigenvalue weighted by Gasteiger charge is -2.24. The average molecular weight is 433 g/mol. The van der Waals surface area contributed by atoms with Crippen LogP contribution in [0.15, 0.2) is 73.2 Å². The highest BCUT2D eigenvalue weighted by molar-refractivity contribution is 6.30. The van der Waals surface area contributed by atoms with E-state index in [-0.39, 0.29) is 12.6 Å². The first-order valence-electron chi connectivity index (χ1n) is 9.79. The molecule has 8 heteroatoms. The first kappa shape index (κ1) is 20.7. The monoisotopic (exact) mass is 432 g/mol. The summed E-state index contributed by atoms with van der Waals surface area (Å²) in [5, 5.41) is 10.00. The van der Waals surface area contributed by atoms with E-state index in [1.807, 2.05) is 53.4 Å². The molecule has 0 fully saturated rings. The lowest BCUT2D eigenvalue weighted by molar-refractivity contribution is 0.290. The number of aliphatic hydroxyl groups is 1. The van der Waals surface area contributed by atoms with Gasteiger partial charge in [0.2, 0.25) is 5.95 Å². The number of hydrogen-bond acceptors (Lipinski definition) is 7. The van der Waals surface area contributed by atoms with E-state index in [0.29, 0.717) is 29.4 Å². The zero-order valence-electron chi connectivity index (χ0n) is 16.7. The summed E-state index contributed by atoms with van der Waals surface area (Å²) in [6.07, 6.45) is 5.72. The quantitative estimate of drug-likeness (QED) is 0.447. The number of anilines is 3. The lowest BCUT2D eigenvalue weighted by Crippen LogP contribution is -2.20. The zero-order chi connectivity index (χ0) is 21.6. The molecule has 31 heavy (non-hydrogen) atoms. The Morgan fingerprint density at radius 2 is 1.65 bits per heavy atom. The summed E-state index contributed by atoms with van der Waals surface area (Å²) in [4.78, 5) is 19.2. The molecule has 4 aromatic rings. The van der Waals surface area contributed by atoms with Crippen molar-refractivity contribution >= 4 is 29.1 Å². The van der Waals surface area contributed by atoms with Gasteiger partial charge in [0.25, 0.3) is 0 Å². The van der Waals surface area contributed by atoms with Crippen molar-refractivity contribution in [2.75, 3.05) is 23.8 Å². The minimum Gasteiger partial charge on any atom is -0.396 e. The second-order valence-corrected chi connectivity index (χ2v) is 7.28.